The van der Waals surface area contributed by atoms with Crippen molar-refractivity contribution in [2.24, 2.45) is 0 Å². The van der Waals surface area contributed by atoms with Gasteiger partial charge in [0.05, 0.1) is 18.8 Å². The zero-order chi connectivity index (χ0) is 21.6. The molecule has 7 nitrogen and oxygen atoms in total. The largest absolute Gasteiger partial charge is 0.408 e. The van der Waals surface area contributed by atoms with Gasteiger partial charge >= 0.3 is 12.2 Å². The van der Waals surface area contributed by atoms with Gasteiger partial charge in [-0.05, 0) is 30.9 Å². The van der Waals surface area contributed by atoms with Crippen LogP contribution in [-0.4, -0.2) is 91.1 Å². The topological polar surface area (TPSA) is 60.9 Å². The quantitative estimate of drug-likeness (QED) is 0.766. The van der Waals surface area contributed by atoms with Gasteiger partial charge < -0.3 is 24.8 Å². The molecule has 2 amide bonds. The third-order valence-corrected chi connectivity index (χ3v) is 6.98. The summed E-state index contributed by atoms with van der Waals surface area (Å²) in [6.45, 7) is 4.52. The van der Waals surface area contributed by atoms with Gasteiger partial charge in [0.1, 0.15) is 11.9 Å². The number of ether oxygens (including phenoxy) is 1. The third-order valence-electron chi connectivity index (χ3n) is 6.98. The van der Waals surface area contributed by atoms with Gasteiger partial charge in [0.25, 0.3) is 0 Å². The first-order chi connectivity index (χ1) is 14.9. The molecule has 0 spiro atoms. The van der Waals surface area contributed by atoms with Crippen LogP contribution in [0.3, 0.4) is 0 Å². The molecule has 1 unspecified atom stereocenters. The van der Waals surface area contributed by atoms with Gasteiger partial charge in [0, 0.05) is 51.4 Å². The van der Waals surface area contributed by atoms with Crippen molar-refractivity contribution in [3.05, 3.63) is 23.9 Å². The molecule has 0 bridgehead atoms. The summed E-state index contributed by atoms with van der Waals surface area (Å²) in [5.41, 5.74) is 0.969. The number of alkyl halides is 3. The molecule has 4 fully saturated rings. The number of amides is 2. The summed E-state index contributed by atoms with van der Waals surface area (Å²) in [6.07, 6.45) is -0.887. The van der Waals surface area contributed by atoms with Crippen LogP contribution in [0.2, 0.25) is 0 Å². The van der Waals surface area contributed by atoms with Crippen molar-refractivity contribution in [3.63, 3.8) is 0 Å². The van der Waals surface area contributed by atoms with Crippen molar-refractivity contribution in [1.29, 1.82) is 0 Å². The summed E-state index contributed by atoms with van der Waals surface area (Å²) in [7, 11) is 0. The fourth-order valence-electron chi connectivity index (χ4n) is 5.19. The van der Waals surface area contributed by atoms with Gasteiger partial charge in [-0.1, -0.05) is 6.07 Å². The molecule has 3 atom stereocenters. The highest BCUT2D eigenvalue weighted by Gasteiger charge is 2.46. The summed E-state index contributed by atoms with van der Waals surface area (Å²) in [4.78, 5) is 22.3. The first-order valence-corrected chi connectivity index (χ1v) is 11.1. The van der Waals surface area contributed by atoms with Gasteiger partial charge in [0.15, 0.2) is 0 Å². The number of likely N-dealkylation sites (tertiary alicyclic amines) is 2. The summed E-state index contributed by atoms with van der Waals surface area (Å²) in [5, 5.41) is 3.44. The number of hydrogen-bond donors (Lipinski definition) is 1. The second kappa shape index (κ2) is 8.12. The van der Waals surface area contributed by atoms with Crippen molar-refractivity contribution in [2.45, 2.75) is 49.5 Å². The lowest BCUT2D eigenvalue weighted by Crippen LogP contribution is -2.62. The van der Waals surface area contributed by atoms with Crippen LogP contribution in [-0.2, 0) is 4.74 Å². The number of carbonyl (C=O) groups is 1. The Balaban J connectivity index is 1.15. The van der Waals surface area contributed by atoms with Crippen molar-refractivity contribution in [3.8, 4) is 0 Å². The normalized spacial score (nSPS) is 29.6. The summed E-state index contributed by atoms with van der Waals surface area (Å²) in [6, 6.07) is 2.35. The van der Waals surface area contributed by atoms with Crippen LogP contribution < -0.4 is 10.2 Å². The summed E-state index contributed by atoms with van der Waals surface area (Å²) in [5.74, 6) is 0.553. The Morgan fingerprint density at radius 1 is 1.13 bits per heavy atom. The summed E-state index contributed by atoms with van der Waals surface area (Å²) >= 11 is 0. The van der Waals surface area contributed by atoms with E-state index in [1.807, 2.05) is 15.9 Å². The lowest BCUT2D eigenvalue weighted by molar-refractivity contribution is -0.146. The standard InChI is InChI=1S/C21H28F3N5O2/c22-21(23,24)18-2-1-7-29(18)19-4-3-14(10-26-19)15-11-28(12-15)20(30)27-8-5-17-16(13-27)25-6-9-31-17/h3-4,10,15-18,25H,1-2,5-9,11-13H2/t16-,17+,18?/m1/s1. The molecular weight excluding hydrogens is 411 g/mol. The molecule has 1 N–H and O–H groups in total. The van der Waals surface area contributed by atoms with Crippen LogP contribution in [0.5, 0.6) is 0 Å². The number of hydrogen-bond acceptors (Lipinski definition) is 5. The highest BCUT2D eigenvalue weighted by molar-refractivity contribution is 5.76. The number of urea groups is 1. The van der Waals surface area contributed by atoms with Crippen molar-refractivity contribution < 1.29 is 22.7 Å². The van der Waals surface area contributed by atoms with E-state index in [-0.39, 0.29) is 30.5 Å². The van der Waals surface area contributed by atoms with E-state index in [1.165, 1.54) is 4.90 Å². The fourth-order valence-corrected chi connectivity index (χ4v) is 5.19. The predicted octanol–water partition coefficient (Wildman–Crippen LogP) is 2.19. The van der Waals surface area contributed by atoms with E-state index in [0.29, 0.717) is 45.0 Å². The fraction of sp³-hybridized carbons (Fsp3) is 0.714. The van der Waals surface area contributed by atoms with E-state index in [2.05, 4.69) is 10.3 Å². The van der Waals surface area contributed by atoms with Crippen LogP contribution in [0.1, 0.15) is 30.7 Å². The molecule has 0 aliphatic carbocycles. The van der Waals surface area contributed by atoms with E-state index in [4.69, 9.17) is 4.74 Å². The zero-order valence-corrected chi connectivity index (χ0v) is 17.4. The van der Waals surface area contributed by atoms with Crippen molar-refractivity contribution in [2.75, 3.05) is 50.8 Å². The number of aromatic nitrogens is 1. The van der Waals surface area contributed by atoms with Crippen LogP contribution in [0.25, 0.3) is 0 Å². The van der Waals surface area contributed by atoms with Crippen LogP contribution in [0.15, 0.2) is 18.3 Å². The molecule has 0 saturated carbocycles. The maximum Gasteiger partial charge on any atom is 0.408 e. The molecule has 0 radical (unpaired) electrons. The lowest BCUT2D eigenvalue weighted by Gasteiger charge is -2.46. The monoisotopic (exact) mass is 439 g/mol. The number of halogens is 3. The van der Waals surface area contributed by atoms with Gasteiger partial charge in [-0.2, -0.15) is 13.2 Å². The number of carbonyl (C=O) groups excluding carboxylic acids is 1. The average Bonchev–Trinajstić information content (AvgIpc) is 3.23. The van der Waals surface area contributed by atoms with Crippen LogP contribution >= 0.6 is 0 Å². The minimum absolute atomic E-state index is 0.0525. The number of nitrogens with zero attached hydrogens (tertiary/aromatic N) is 4. The maximum absolute atomic E-state index is 13.2. The Morgan fingerprint density at radius 3 is 2.71 bits per heavy atom. The molecule has 170 valence electrons. The molecule has 31 heavy (non-hydrogen) atoms. The molecule has 4 aliphatic heterocycles. The van der Waals surface area contributed by atoms with Crippen LogP contribution in [0.4, 0.5) is 23.8 Å². The summed E-state index contributed by atoms with van der Waals surface area (Å²) < 4.78 is 45.4. The Labute approximate surface area is 179 Å². The third kappa shape index (κ3) is 4.07. The smallest absolute Gasteiger partial charge is 0.375 e. The number of piperidine rings is 1. The molecule has 4 saturated heterocycles. The first-order valence-electron chi connectivity index (χ1n) is 11.1. The highest BCUT2D eigenvalue weighted by Crippen LogP contribution is 2.36. The lowest BCUT2D eigenvalue weighted by atomic mass is 9.92. The molecule has 10 heteroatoms. The number of fused-ring (bicyclic) bond motifs is 1. The van der Waals surface area contributed by atoms with Gasteiger partial charge in [-0.15, -0.1) is 0 Å². The van der Waals surface area contributed by atoms with Crippen molar-refractivity contribution >= 4 is 11.8 Å². The van der Waals surface area contributed by atoms with Gasteiger partial charge in [-0.25, -0.2) is 9.78 Å². The second-order valence-corrected chi connectivity index (χ2v) is 8.93. The maximum atomic E-state index is 13.2. The Kier molecular flexibility index (Phi) is 5.45. The predicted molar refractivity (Wildman–Crippen MR) is 108 cm³/mol. The Hall–Kier alpha value is -2.07. The average molecular weight is 439 g/mol. The minimum Gasteiger partial charge on any atom is -0.375 e. The first kappa shape index (κ1) is 20.8. The van der Waals surface area contributed by atoms with E-state index < -0.39 is 12.2 Å². The van der Waals surface area contributed by atoms with Gasteiger partial charge in [-0.3, -0.25) is 0 Å². The number of rotatable bonds is 2. The molecule has 1 aromatic rings. The SMILES string of the molecule is O=C(N1CC(c2ccc(N3CCCC3C(F)(F)F)nc2)C1)N1CC[C@@H]2OCCN[C@@H]2C1. The number of pyridine rings is 1. The molecular formula is C21H28F3N5O2. The minimum atomic E-state index is -4.24. The number of nitrogens with one attached hydrogen (secondary N) is 1. The van der Waals surface area contributed by atoms with E-state index in [9.17, 15) is 18.0 Å². The molecule has 1 aromatic heterocycles. The van der Waals surface area contributed by atoms with Crippen LogP contribution in [0, 0.1) is 0 Å². The zero-order valence-electron chi connectivity index (χ0n) is 17.4. The molecule has 0 aromatic carbocycles. The second-order valence-electron chi connectivity index (χ2n) is 8.93. The van der Waals surface area contributed by atoms with Gasteiger partial charge in [0.2, 0.25) is 0 Å². The Bertz CT molecular complexity index is 799. The van der Waals surface area contributed by atoms with E-state index >= 15 is 0 Å². The van der Waals surface area contributed by atoms with Crippen molar-refractivity contribution in [1.82, 2.24) is 20.1 Å². The molecule has 5 rings (SSSR count). The van der Waals surface area contributed by atoms with E-state index in [0.717, 1.165) is 25.1 Å². The number of anilines is 1. The highest BCUT2D eigenvalue weighted by atomic mass is 19.4. The molecule has 4 aliphatic rings. The molecule has 5 heterocycles. The van der Waals surface area contributed by atoms with E-state index in [1.54, 1.807) is 12.3 Å². The number of morpholine rings is 1. The Morgan fingerprint density at radius 2 is 1.97 bits per heavy atom.